The lowest BCUT2D eigenvalue weighted by atomic mass is 9.86. The molecule has 2 N–H and O–H groups in total. The minimum absolute atomic E-state index is 0.254. The minimum Gasteiger partial charge on any atom is -0.406 e. The van der Waals surface area contributed by atoms with E-state index in [0.29, 0.717) is 25.2 Å². The fraction of sp³-hybridized carbons (Fsp3) is 0.500. The monoisotopic (exact) mass is 261 g/mol. The first-order valence-corrected chi connectivity index (χ1v) is 5.62. The van der Waals surface area contributed by atoms with Crippen molar-refractivity contribution in [2.24, 2.45) is 5.73 Å². The van der Waals surface area contributed by atoms with E-state index in [-0.39, 0.29) is 5.75 Å². The third kappa shape index (κ3) is 3.14. The second kappa shape index (κ2) is 4.78. The van der Waals surface area contributed by atoms with Gasteiger partial charge >= 0.3 is 6.36 Å². The van der Waals surface area contributed by atoms with E-state index in [9.17, 15) is 13.2 Å². The highest BCUT2D eigenvalue weighted by Crippen LogP contribution is 2.31. The summed E-state index contributed by atoms with van der Waals surface area (Å²) in [5.41, 5.74) is 6.02. The molecular weight excluding hydrogens is 247 g/mol. The first-order valence-electron chi connectivity index (χ1n) is 5.62. The molecular formula is C12H14F3NO2. The van der Waals surface area contributed by atoms with Crippen LogP contribution in [0.1, 0.15) is 18.4 Å². The summed E-state index contributed by atoms with van der Waals surface area (Å²) < 4.78 is 45.6. The van der Waals surface area contributed by atoms with Gasteiger partial charge in [0.2, 0.25) is 0 Å². The molecule has 1 fully saturated rings. The van der Waals surface area contributed by atoms with E-state index in [4.69, 9.17) is 10.5 Å². The first-order chi connectivity index (χ1) is 8.39. The van der Waals surface area contributed by atoms with Crippen LogP contribution in [-0.2, 0) is 10.3 Å². The number of benzene rings is 1. The van der Waals surface area contributed by atoms with Crippen LogP contribution in [-0.4, -0.2) is 19.6 Å². The molecule has 0 saturated carbocycles. The Hall–Kier alpha value is -1.27. The van der Waals surface area contributed by atoms with E-state index in [1.165, 1.54) is 18.2 Å². The molecule has 0 aliphatic carbocycles. The van der Waals surface area contributed by atoms with E-state index in [0.717, 1.165) is 6.42 Å². The predicted octanol–water partition coefficient (Wildman–Crippen LogP) is 2.55. The average Bonchev–Trinajstić information content (AvgIpc) is 2.28. The maximum Gasteiger partial charge on any atom is 0.573 e. The van der Waals surface area contributed by atoms with Gasteiger partial charge in [0.15, 0.2) is 0 Å². The molecule has 0 spiro atoms. The van der Waals surface area contributed by atoms with E-state index in [2.05, 4.69) is 4.74 Å². The van der Waals surface area contributed by atoms with Gasteiger partial charge in [-0.3, -0.25) is 0 Å². The molecule has 0 amide bonds. The summed E-state index contributed by atoms with van der Waals surface area (Å²) in [5.74, 6) is -0.254. The van der Waals surface area contributed by atoms with Crippen LogP contribution in [0.15, 0.2) is 24.3 Å². The van der Waals surface area contributed by atoms with Gasteiger partial charge in [-0.05, 0) is 30.5 Å². The molecule has 3 nitrogen and oxygen atoms in total. The van der Waals surface area contributed by atoms with Crippen molar-refractivity contribution in [2.75, 3.05) is 13.2 Å². The molecule has 2 rings (SSSR count). The average molecular weight is 261 g/mol. The van der Waals surface area contributed by atoms with Crippen molar-refractivity contribution in [3.05, 3.63) is 29.8 Å². The summed E-state index contributed by atoms with van der Waals surface area (Å²) in [4.78, 5) is 0. The van der Waals surface area contributed by atoms with Gasteiger partial charge in [-0.2, -0.15) is 0 Å². The zero-order valence-corrected chi connectivity index (χ0v) is 9.67. The summed E-state index contributed by atoms with van der Waals surface area (Å²) in [6.07, 6.45) is -3.22. The minimum atomic E-state index is -4.69. The predicted molar refractivity (Wildman–Crippen MR) is 59.0 cm³/mol. The maximum absolute atomic E-state index is 12.1. The lowest BCUT2D eigenvalue weighted by Gasteiger charge is -2.33. The second-order valence-corrected chi connectivity index (χ2v) is 4.39. The van der Waals surface area contributed by atoms with Crippen molar-refractivity contribution < 1.29 is 22.6 Å². The zero-order chi connectivity index (χ0) is 13.2. The molecule has 1 aromatic rings. The number of nitrogens with two attached hydrogens (primary N) is 1. The second-order valence-electron chi connectivity index (χ2n) is 4.39. The summed E-state index contributed by atoms with van der Waals surface area (Å²) in [5, 5.41) is 0. The normalized spacial score (nSPS) is 24.9. The first kappa shape index (κ1) is 13.2. The topological polar surface area (TPSA) is 44.5 Å². The Kier molecular flexibility index (Phi) is 3.49. The van der Waals surface area contributed by atoms with Crippen molar-refractivity contribution in [1.82, 2.24) is 0 Å². The molecule has 0 bridgehead atoms. The Balaban J connectivity index is 2.21. The van der Waals surface area contributed by atoms with Crippen LogP contribution in [0.2, 0.25) is 0 Å². The van der Waals surface area contributed by atoms with Crippen molar-refractivity contribution >= 4 is 0 Å². The number of ether oxygens (including phenoxy) is 2. The van der Waals surface area contributed by atoms with Gasteiger partial charge in [0.05, 0.1) is 12.1 Å². The van der Waals surface area contributed by atoms with Gasteiger partial charge < -0.3 is 15.2 Å². The number of halogens is 3. The van der Waals surface area contributed by atoms with Crippen LogP contribution < -0.4 is 10.5 Å². The molecule has 1 aliphatic rings. The fourth-order valence-electron chi connectivity index (χ4n) is 2.05. The molecule has 1 aliphatic heterocycles. The Labute approximate surface area is 103 Å². The van der Waals surface area contributed by atoms with Crippen LogP contribution in [0.25, 0.3) is 0 Å². The van der Waals surface area contributed by atoms with Crippen LogP contribution >= 0.6 is 0 Å². The summed E-state index contributed by atoms with van der Waals surface area (Å²) in [6.45, 7) is 0.945. The summed E-state index contributed by atoms with van der Waals surface area (Å²) in [7, 11) is 0. The molecule has 1 aromatic carbocycles. The van der Waals surface area contributed by atoms with Crippen molar-refractivity contribution in [3.63, 3.8) is 0 Å². The van der Waals surface area contributed by atoms with Crippen molar-refractivity contribution in [2.45, 2.75) is 24.7 Å². The maximum atomic E-state index is 12.1. The largest absolute Gasteiger partial charge is 0.573 e. The summed E-state index contributed by atoms with van der Waals surface area (Å²) in [6, 6.07) is 5.77. The molecule has 1 heterocycles. The Morgan fingerprint density at radius 1 is 1.33 bits per heavy atom. The number of hydrogen-bond donors (Lipinski definition) is 1. The third-order valence-corrected chi connectivity index (χ3v) is 2.91. The molecule has 18 heavy (non-hydrogen) atoms. The number of hydrogen-bond acceptors (Lipinski definition) is 3. The quantitative estimate of drug-likeness (QED) is 0.889. The third-order valence-electron chi connectivity index (χ3n) is 2.91. The van der Waals surface area contributed by atoms with E-state index in [1.54, 1.807) is 6.07 Å². The highest BCUT2D eigenvalue weighted by atomic mass is 19.4. The van der Waals surface area contributed by atoms with Crippen LogP contribution in [0, 0.1) is 0 Å². The highest BCUT2D eigenvalue weighted by molar-refractivity contribution is 5.33. The van der Waals surface area contributed by atoms with Crippen LogP contribution in [0.3, 0.4) is 0 Å². The van der Waals surface area contributed by atoms with Gasteiger partial charge in [0, 0.05) is 6.61 Å². The molecule has 100 valence electrons. The number of rotatable bonds is 2. The molecule has 6 heteroatoms. The van der Waals surface area contributed by atoms with Crippen molar-refractivity contribution in [3.8, 4) is 5.75 Å². The zero-order valence-electron chi connectivity index (χ0n) is 9.67. The molecule has 1 atom stereocenters. The van der Waals surface area contributed by atoms with Crippen LogP contribution in [0.4, 0.5) is 13.2 Å². The Morgan fingerprint density at radius 2 is 2.11 bits per heavy atom. The van der Waals surface area contributed by atoms with Gasteiger partial charge in [0.1, 0.15) is 5.75 Å². The summed E-state index contributed by atoms with van der Waals surface area (Å²) >= 11 is 0. The van der Waals surface area contributed by atoms with Gasteiger partial charge in [-0.1, -0.05) is 12.1 Å². The fourth-order valence-corrected chi connectivity index (χ4v) is 2.05. The Morgan fingerprint density at radius 3 is 2.72 bits per heavy atom. The smallest absolute Gasteiger partial charge is 0.406 e. The molecule has 0 radical (unpaired) electrons. The Bertz CT molecular complexity index is 414. The lowest BCUT2D eigenvalue weighted by Crippen LogP contribution is -2.44. The number of alkyl halides is 3. The molecule has 1 saturated heterocycles. The van der Waals surface area contributed by atoms with E-state index < -0.39 is 11.9 Å². The molecule has 0 aromatic heterocycles. The van der Waals surface area contributed by atoms with Crippen molar-refractivity contribution in [1.29, 1.82) is 0 Å². The highest BCUT2D eigenvalue weighted by Gasteiger charge is 2.33. The van der Waals surface area contributed by atoms with E-state index in [1.807, 2.05) is 0 Å². The van der Waals surface area contributed by atoms with E-state index >= 15 is 0 Å². The van der Waals surface area contributed by atoms with Crippen LogP contribution in [0.5, 0.6) is 5.75 Å². The van der Waals surface area contributed by atoms with Gasteiger partial charge in [-0.25, -0.2) is 0 Å². The molecule has 1 unspecified atom stereocenters. The van der Waals surface area contributed by atoms with Gasteiger partial charge in [-0.15, -0.1) is 13.2 Å². The van der Waals surface area contributed by atoms with Gasteiger partial charge in [0.25, 0.3) is 0 Å². The SMILES string of the molecule is NC1(c2cccc(OC(F)(F)F)c2)CCCOC1. The lowest BCUT2D eigenvalue weighted by molar-refractivity contribution is -0.274. The standard InChI is InChI=1S/C12H14F3NO2/c13-12(14,15)18-10-4-1-3-9(7-10)11(16)5-2-6-17-8-11/h1,3-4,7H,2,5-6,8,16H2.